The Morgan fingerprint density at radius 1 is 1.45 bits per heavy atom. The van der Waals surface area contributed by atoms with Crippen molar-refractivity contribution in [3.63, 3.8) is 0 Å². The molecule has 1 aromatic heterocycles. The van der Waals surface area contributed by atoms with Crippen molar-refractivity contribution in [2.45, 2.75) is 25.8 Å². The minimum absolute atomic E-state index is 0.0754. The Morgan fingerprint density at radius 2 is 2.25 bits per heavy atom. The monoisotopic (exact) mass is 276 g/mol. The average molecular weight is 276 g/mol. The maximum absolute atomic E-state index is 11.8. The molecule has 1 saturated heterocycles. The van der Waals surface area contributed by atoms with Crippen molar-refractivity contribution in [3.05, 3.63) is 23.9 Å². The van der Waals surface area contributed by atoms with Gasteiger partial charge >= 0.3 is 0 Å². The van der Waals surface area contributed by atoms with Crippen molar-refractivity contribution in [2.75, 3.05) is 32.1 Å². The molecule has 1 aliphatic rings. The Hall–Kier alpha value is -1.62. The highest BCUT2D eigenvalue weighted by molar-refractivity contribution is 5.79. The molecule has 2 N–H and O–H groups in total. The third kappa shape index (κ3) is 3.28. The highest BCUT2D eigenvalue weighted by Gasteiger charge is 2.25. The van der Waals surface area contributed by atoms with Gasteiger partial charge in [-0.25, -0.2) is 4.98 Å². The summed E-state index contributed by atoms with van der Waals surface area (Å²) in [6.07, 6.45) is 3.92. The number of carbonyl (C=O) groups excluding carboxylic acids is 1. The first kappa shape index (κ1) is 14.8. The first-order valence-corrected chi connectivity index (χ1v) is 7.25. The molecule has 0 spiro atoms. The smallest absolute Gasteiger partial charge is 0.224 e. The number of nitrogens with one attached hydrogen (secondary N) is 2. The standard InChI is InChI=1S/C15H24N4O/c1-11(16-2)12-6-7-14(18-9-12)19-8-4-5-13(10-19)15(20)17-3/h6-7,9,11,13,16H,4-5,8,10H2,1-3H3,(H,17,20). The van der Waals surface area contributed by atoms with Crippen LogP contribution in [0.4, 0.5) is 5.82 Å². The van der Waals surface area contributed by atoms with Crippen LogP contribution < -0.4 is 15.5 Å². The van der Waals surface area contributed by atoms with Gasteiger partial charge in [-0.05, 0) is 38.4 Å². The van der Waals surface area contributed by atoms with Crippen LogP contribution in [0.15, 0.2) is 18.3 Å². The molecule has 5 heteroatoms. The fourth-order valence-corrected chi connectivity index (χ4v) is 2.61. The van der Waals surface area contributed by atoms with Crippen LogP contribution in [0.3, 0.4) is 0 Å². The third-order valence-corrected chi connectivity index (χ3v) is 4.07. The van der Waals surface area contributed by atoms with E-state index in [1.165, 1.54) is 5.56 Å². The van der Waals surface area contributed by atoms with Gasteiger partial charge in [0.25, 0.3) is 0 Å². The maximum atomic E-state index is 11.8. The fraction of sp³-hybridized carbons (Fsp3) is 0.600. The van der Waals surface area contributed by atoms with Gasteiger partial charge in [-0.3, -0.25) is 4.79 Å². The van der Waals surface area contributed by atoms with Crippen molar-refractivity contribution < 1.29 is 4.79 Å². The highest BCUT2D eigenvalue weighted by Crippen LogP contribution is 2.22. The molecule has 0 saturated carbocycles. The largest absolute Gasteiger partial charge is 0.359 e. The van der Waals surface area contributed by atoms with Crippen molar-refractivity contribution in [1.29, 1.82) is 0 Å². The summed E-state index contributed by atoms with van der Waals surface area (Å²) in [4.78, 5) is 18.5. The van der Waals surface area contributed by atoms with E-state index in [1.54, 1.807) is 7.05 Å². The minimum Gasteiger partial charge on any atom is -0.359 e. The van der Waals surface area contributed by atoms with Gasteiger partial charge in [0.2, 0.25) is 5.91 Å². The summed E-state index contributed by atoms with van der Waals surface area (Å²) in [5, 5.41) is 5.95. The Labute approximate surface area is 120 Å². The van der Waals surface area contributed by atoms with Crippen molar-refractivity contribution in [1.82, 2.24) is 15.6 Å². The summed E-state index contributed by atoms with van der Waals surface area (Å²) in [6.45, 7) is 3.84. The Balaban J connectivity index is 2.05. The molecule has 0 radical (unpaired) electrons. The number of anilines is 1. The lowest BCUT2D eigenvalue weighted by Crippen LogP contribution is -2.42. The molecule has 2 heterocycles. The molecule has 20 heavy (non-hydrogen) atoms. The van der Waals surface area contributed by atoms with Crippen molar-refractivity contribution >= 4 is 11.7 Å². The topological polar surface area (TPSA) is 57.3 Å². The number of rotatable bonds is 4. The fourth-order valence-electron chi connectivity index (χ4n) is 2.61. The number of pyridine rings is 1. The Kier molecular flexibility index (Phi) is 4.95. The molecule has 0 bridgehead atoms. The lowest BCUT2D eigenvalue weighted by atomic mass is 9.97. The SMILES string of the molecule is CNC(=O)C1CCCN(c2ccc(C(C)NC)cn2)C1. The molecular formula is C15H24N4O. The van der Waals surface area contributed by atoms with Crippen LogP contribution >= 0.6 is 0 Å². The zero-order valence-corrected chi connectivity index (χ0v) is 12.5. The summed E-state index contributed by atoms with van der Waals surface area (Å²) in [5.41, 5.74) is 1.18. The van der Waals surface area contributed by atoms with Gasteiger partial charge < -0.3 is 15.5 Å². The number of hydrogen-bond donors (Lipinski definition) is 2. The summed E-state index contributed by atoms with van der Waals surface area (Å²) in [6, 6.07) is 4.46. The van der Waals surface area contributed by atoms with Gasteiger partial charge in [-0.2, -0.15) is 0 Å². The number of carbonyl (C=O) groups is 1. The van der Waals surface area contributed by atoms with E-state index in [0.717, 1.165) is 31.7 Å². The van der Waals surface area contributed by atoms with E-state index in [-0.39, 0.29) is 11.8 Å². The van der Waals surface area contributed by atoms with Crippen molar-refractivity contribution in [2.24, 2.45) is 5.92 Å². The number of aromatic nitrogens is 1. The van der Waals surface area contributed by atoms with Crippen LogP contribution in [0, 0.1) is 5.92 Å². The summed E-state index contributed by atoms with van der Waals surface area (Å²) >= 11 is 0. The van der Waals surface area contributed by atoms with E-state index in [1.807, 2.05) is 13.2 Å². The molecule has 5 nitrogen and oxygen atoms in total. The second-order valence-electron chi connectivity index (χ2n) is 5.36. The van der Waals surface area contributed by atoms with E-state index < -0.39 is 0 Å². The molecule has 1 amide bonds. The molecule has 0 aromatic carbocycles. The summed E-state index contributed by atoms with van der Waals surface area (Å²) in [7, 11) is 3.64. The highest BCUT2D eigenvalue weighted by atomic mass is 16.1. The molecule has 0 aliphatic carbocycles. The van der Waals surface area contributed by atoms with E-state index >= 15 is 0 Å². The molecule has 2 atom stereocenters. The number of hydrogen-bond acceptors (Lipinski definition) is 4. The van der Waals surface area contributed by atoms with Crippen LogP contribution in [-0.4, -0.2) is 38.1 Å². The quantitative estimate of drug-likeness (QED) is 0.871. The van der Waals surface area contributed by atoms with Gasteiger partial charge in [0.1, 0.15) is 5.82 Å². The minimum atomic E-state index is 0.0754. The van der Waals surface area contributed by atoms with E-state index in [4.69, 9.17) is 0 Å². The van der Waals surface area contributed by atoms with Gasteiger partial charge in [0, 0.05) is 32.4 Å². The van der Waals surface area contributed by atoms with Gasteiger partial charge in [0.05, 0.1) is 5.92 Å². The molecule has 1 aromatic rings. The number of amides is 1. The molecule has 2 unspecified atom stereocenters. The van der Waals surface area contributed by atoms with Gasteiger partial charge in [-0.1, -0.05) is 6.07 Å². The predicted molar refractivity (Wildman–Crippen MR) is 80.7 cm³/mol. The van der Waals surface area contributed by atoms with Crippen LogP contribution in [0.1, 0.15) is 31.4 Å². The number of nitrogens with zero attached hydrogens (tertiary/aromatic N) is 2. The third-order valence-electron chi connectivity index (χ3n) is 4.07. The molecular weight excluding hydrogens is 252 g/mol. The van der Waals surface area contributed by atoms with Crippen LogP contribution in [0.2, 0.25) is 0 Å². The summed E-state index contributed by atoms with van der Waals surface area (Å²) in [5.74, 6) is 1.17. The lowest BCUT2D eigenvalue weighted by molar-refractivity contribution is -0.124. The first-order chi connectivity index (χ1) is 9.65. The molecule has 1 fully saturated rings. The molecule has 110 valence electrons. The van der Waals surface area contributed by atoms with E-state index in [0.29, 0.717) is 6.04 Å². The number of piperidine rings is 1. The van der Waals surface area contributed by atoms with Crippen molar-refractivity contribution in [3.8, 4) is 0 Å². The normalized spacial score (nSPS) is 20.6. The zero-order valence-electron chi connectivity index (χ0n) is 12.5. The van der Waals surface area contributed by atoms with E-state index in [9.17, 15) is 4.79 Å². The van der Waals surface area contributed by atoms with E-state index in [2.05, 4.69) is 39.6 Å². The lowest BCUT2D eigenvalue weighted by Gasteiger charge is -2.32. The Morgan fingerprint density at radius 3 is 2.85 bits per heavy atom. The second kappa shape index (κ2) is 6.70. The average Bonchev–Trinajstić information content (AvgIpc) is 2.53. The zero-order chi connectivity index (χ0) is 14.5. The van der Waals surface area contributed by atoms with Crippen LogP contribution in [0.5, 0.6) is 0 Å². The van der Waals surface area contributed by atoms with Gasteiger partial charge in [-0.15, -0.1) is 0 Å². The van der Waals surface area contributed by atoms with Gasteiger partial charge in [0.15, 0.2) is 0 Å². The van der Waals surface area contributed by atoms with Crippen LogP contribution in [-0.2, 0) is 4.79 Å². The molecule has 1 aliphatic heterocycles. The summed E-state index contributed by atoms with van der Waals surface area (Å²) < 4.78 is 0. The first-order valence-electron chi connectivity index (χ1n) is 7.25. The Bertz CT molecular complexity index is 446. The maximum Gasteiger partial charge on any atom is 0.224 e. The van der Waals surface area contributed by atoms with Crippen LogP contribution in [0.25, 0.3) is 0 Å². The molecule has 2 rings (SSSR count). The predicted octanol–water partition coefficient (Wildman–Crippen LogP) is 1.32. The second-order valence-corrected chi connectivity index (χ2v) is 5.36.